The van der Waals surface area contributed by atoms with Crippen LogP contribution >= 0.6 is 0 Å². The van der Waals surface area contributed by atoms with Crippen molar-refractivity contribution in [2.75, 3.05) is 44.7 Å². The number of hydrogen-bond donors (Lipinski definition) is 0. The fourth-order valence-corrected chi connectivity index (χ4v) is 4.75. The van der Waals surface area contributed by atoms with Crippen LogP contribution in [0.25, 0.3) is 11.3 Å². The van der Waals surface area contributed by atoms with Crippen LogP contribution in [-0.4, -0.2) is 71.6 Å². The molecule has 5 rings (SSSR count). The zero-order valence-corrected chi connectivity index (χ0v) is 23.2. The molecule has 4 aromatic rings. The molecule has 1 aliphatic rings. The van der Waals surface area contributed by atoms with Crippen molar-refractivity contribution in [1.29, 1.82) is 0 Å². The normalized spacial score (nSPS) is 13.1. The van der Waals surface area contributed by atoms with Crippen LogP contribution in [0, 0.1) is 12.7 Å². The Bertz CT molecular complexity index is 1470. The van der Waals surface area contributed by atoms with Crippen molar-refractivity contribution in [3.05, 3.63) is 107 Å². The van der Waals surface area contributed by atoms with E-state index in [1.54, 1.807) is 36.3 Å². The van der Waals surface area contributed by atoms with E-state index in [0.717, 1.165) is 34.0 Å². The molecule has 0 saturated carbocycles. The number of piperazine rings is 1. The van der Waals surface area contributed by atoms with E-state index < -0.39 is 0 Å². The van der Waals surface area contributed by atoms with Gasteiger partial charge >= 0.3 is 0 Å². The quantitative estimate of drug-likeness (QED) is 0.318. The zero-order chi connectivity index (χ0) is 28.8. The summed E-state index contributed by atoms with van der Waals surface area (Å²) in [6.07, 6.45) is 0. The molecule has 2 heterocycles. The second kappa shape index (κ2) is 12.6. The van der Waals surface area contributed by atoms with Crippen LogP contribution in [0.15, 0.2) is 84.9 Å². The first-order chi connectivity index (χ1) is 19.9. The third kappa shape index (κ3) is 6.87. The molecule has 1 aliphatic heterocycles. The predicted octanol–water partition coefficient (Wildman–Crippen LogP) is 4.59. The van der Waals surface area contributed by atoms with Crippen molar-refractivity contribution in [1.82, 2.24) is 20.0 Å². The van der Waals surface area contributed by atoms with Crippen LogP contribution in [0.5, 0.6) is 5.75 Å². The Hall–Kier alpha value is -4.79. The number of rotatable bonds is 8. The number of methoxy groups -OCH3 is 1. The van der Waals surface area contributed by atoms with Gasteiger partial charge in [-0.2, -0.15) is 0 Å². The van der Waals surface area contributed by atoms with E-state index in [1.807, 2.05) is 55.5 Å². The Labute approximate surface area is 239 Å². The van der Waals surface area contributed by atoms with E-state index in [0.29, 0.717) is 31.7 Å². The van der Waals surface area contributed by atoms with Crippen molar-refractivity contribution in [2.24, 2.45) is 0 Å². The molecule has 0 unspecified atom stereocenters. The minimum Gasteiger partial charge on any atom is -0.497 e. The minimum absolute atomic E-state index is 0.0690. The lowest BCUT2D eigenvalue weighted by Gasteiger charge is -2.36. The SMILES string of the molecule is COc1ccc(-c2ccc(N3CCN(C(=O)CN(Cc4ccc(F)cc4)C(=O)c4ccc(C)cc4)CC3)nn2)cc1. The predicted molar refractivity (Wildman–Crippen MR) is 155 cm³/mol. The fourth-order valence-electron chi connectivity index (χ4n) is 4.75. The van der Waals surface area contributed by atoms with E-state index in [1.165, 1.54) is 17.0 Å². The first kappa shape index (κ1) is 27.8. The maximum Gasteiger partial charge on any atom is 0.254 e. The van der Waals surface area contributed by atoms with Gasteiger partial charge in [-0.05, 0) is 73.2 Å². The smallest absolute Gasteiger partial charge is 0.254 e. The van der Waals surface area contributed by atoms with E-state index in [-0.39, 0.29) is 30.7 Å². The van der Waals surface area contributed by atoms with Crippen molar-refractivity contribution < 1.29 is 18.7 Å². The standard InChI is InChI=1S/C32H32FN5O3/c1-23-3-7-26(8-4-23)32(40)38(21-24-5-11-27(33)12-6-24)22-31(39)37-19-17-36(18-20-37)30-16-15-29(34-35-30)25-9-13-28(41-2)14-10-25/h3-16H,17-22H2,1-2H3. The Balaban J connectivity index is 1.21. The number of ether oxygens (including phenoxy) is 1. The molecule has 2 amide bonds. The topological polar surface area (TPSA) is 78.9 Å². The molecule has 41 heavy (non-hydrogen) atoms. The molecule has 210 valence electrons. The molecule has 0 radical (unpaired) electrons. The number of amides is 2. The first-order valence-electron chi connectivity index (χ1n) is 13.5. The van der Waals surface area contributed by atoms with Gasteiger partial charge in [-0.3, -0.25) is 9.59 Å². The lowest BCUT2D eigenvalue weighted by Crippen LogP contribution is -2.52. The van der Waals surface area contributed by atoms with Gasteiger partial charge in [0.05, 0.1) is 12.8 Å². The zero-order valence-electron chi connectivity index (χ0n) is 23.2. The third-order valence-electron chi connectivity index (χ3n) is 7.19. The van der Waals surface area contributed by atoms with Crippen LogP contribution in [-0.2, 0) is 11.3 Å². The second-order valence-corrected chi connectivity index (χ2v) is 10.0. The summed E-state index contributed by atoms with van der Waals surface area (Å²) in [7, 11) is 1.63. The van der Waals surface area contributed by atoms with E-state index in [9.17, 15) is 14.0 Å². The number of benzene rings is 3. The van der Waals surface area contributed by atoms with Crippen molar-refractivity contribution in [3.8, 4) is 17.0 Å². The number of aromatic nitrogens is 2. The molecule has 1 saturated heterocycles. The van der Waals surface area contributed by atoms with Crippen LogP contribution in [0.2, 0.25) is 0 Å². The summed E-state index contributed by atoms with van der Waals surface area (Å²) < 4.78 is 18.7. The highest BCUT2D eigenvalue weighted by Crippen LogP contribution is 2.22. The van der Waals surface area contributed by atoms with Gasteiger partial charge in [0.1, 0.15) is 18.1 Å². The lowest BCUT2D eigenvalue weighted by molar-refractivity contribution is -0.132. The highest BCUT2D eigenvalue weighted by Gasteiger charge is 2.26. The largest absolute Gasteiger partial charge is 0.497 e. The van der Waals surface area contributed by atoms with Gasteiger partial charge in [0.25, 0.3) is 5.91 Å². The number of carbonyl (C=O) groups is 2. The minimum atomic E-state index is -0.348. The molecule has 0 N–H and O–H groups in total. The molecular weight excluding hydrogens is 521 g/mol. The first-order valence-corrected chi connectivity index (χ1v) is 13.5. The summed E-state index contributed by atoms with van der Waals surface area (Å²) >= 11 is 0. The van der Waals surface area contributed by atoms with E-state index >= 15 is 0 Å². The fraction of sp³-hybridized carbons (Fsp3) is 0.250. The summed E-state index contributed by atoms with van der Waals surface area (Å²) in [5, 5.41) is 8.81. The summed E-state index contributed by atoms with van der Waals surface area (Å²) in [5.41, 5.74) is 4.02. The van der Waals surface area contributed by atoms with E-state index in [2.05, 4.69) is 15.1 Å². The van der Waals surface area contributed by atoms with Crippen LogP contribution in [0.1, 0.15) is 21.5 Å². The Morgan fingerprint density at radius 1 is 0.854 bits per heavy atom. The average Bonchev–Trinajstić information content (AvgIpc) is 3.02. The second-order valence-electron chi connectivity index (χ2n) is 10.0. The molecule has 8 nitrogen and oxygen atoms in total. The third-order valence-corrected chi connectivity index (χ3v) is 7.19. The van der Waals surface area contributed by atoms with E-state index in [4.69, 9.17) is 4.74 Å². The highest BCUT2D eigenvalue weighted by atomic mass is 19.1. The molecule has 0 atom stereocenters. The molecule has 0 spiro atoms. The van der Waals surface area contributed by atoms with Crippen LogP contribution < -0.4 is 9.64 Å². The Morgan fingerprint density at radius 2 is 1.54 bits per heavy atom. The number of hydrogen-bond acceptors (Lipinski definition) is 6. The molecule has 3 aromatic carbocycles. The van der Waals surface area contributed by atoms with Gasteiger partial charge in [0.2, 0.25) is 5.91 Å². The molecule has 1 fully saturated rings. The molecule has 0 bridgehead atoms. The Kier molecular flexibility index (Phi) is 8.53. The van der Waals surface area contributed by atoms with Crippen molar-refractivity contribution in [3.63, 3.8) is 0 Å². The number of carbonyl (C=O) groups excluding carboxylic acids is 2. The van der Waals surface area contributed by atoms with Gasteiger partial charge < -0.3 is 19.4 Å². The van der Waals surface area contributed by atoms with Gasteiger partial charge in [0, 0.05) is 43.9 Å². The van der Waals surface area contributed by atoms with Gasteiger partial charge in [-0.1, -0.05) is 29.8 Å². The lowest BCUT2D eigenvalue weighted by atomic mass is 10.1. The molecule has 9 heteroatoms. The van der Waals surface area contributed by atoms with Gasteiger partial charge in [-0.25, -0.2) is 4.39 Å². The van der Waals surface area contributed by atoms with Crippen molar-refractivity contribution >= 4 is 17.6 Å². The number of anilines is 1. The number of nitrogens with zero attached hydrogens (tertiary/aromatic N) is 5. The highest BCUT2D eigenvalue weighted by molar-refractivity contribution is 5.96. The van der Waals surface area contributed by atoms with Crippen molar-refractivity contribution in [2.45, 2.75) is 13.5 Å². The molecular formula is C32H32FN5O3. The monoisotopic (exact) mass is 553 g/mol. The summed E-state index contributed by atoms with van der Waals surface area (Å²) in [4.78, 5) is 32.1. The van der Waals surface area contributed by atoms with Crippen LogP contribution in [0.4, 0.5) is 10.2 Å². The maximum absolute atomic E-state index is 13.5. The maximum atomic E-state index is 13.5. The number of halogens is 1. The average molecular weight is 554 g/mol. The molecule has 0 aliphatic carbocycles. The van der Waals surface area contributed by atoms with Crippen LogP contribution in [0.3, 0.4) is 0 Å². The summed E-state index contributed by atoms with van der Waals surface area (Å²) in [6.45, 7) is 4.30. The summed E-state index contributed by atoms with van der Waals surface area (Å²) in [5.74, 6) is 0.812. The van der Waals surface area contributed by atoms with Gasteiger partial charge in [0.15, 0.2) is 5.82 Å². The van der Waals surface area contributed by atoms with Gasteiger partial charge in [-0.15, -0.1) is 10.2 Å². The summed E-state index contributed by atoms with van der Waals surface area (Å²) in [6, 6.07) is 24.8. The number of aryl methyl sites for hydroxylation is 1. The molecule has 1 aromatic heterocycles. The Morgan fingerprint density at radius 3 is 2.15 bits per heavy atom.